The van der Waals surface area contributed by atoms with Crippen LogP contribution in [-0.2, 0) is 0 Å². The Hall–Kier alpha value is -1.91. The maximum Gasteiger partial charge on any atom is 0.156 e. The van der Waals surface area contributed by atoms with Crippen LogP contribution in [0.1, 0.15) is 18.1 Å². The lowest BCUT2D eigenvalue weighted by Crippen LogP contribution is -1.90. The Kier molecular flexibility index (Phi) is 1.71. The molecule has 0 aliphatic heterocycles. The zero-order valence-electron chi connectivity index (χ0n) is 8.62. The Bertz CT molecular complexity index is 586. The second-order valence-corrected chi connectivity index (χ2v) is 3.89. The summed E-state index contributed by atoms with van der Waals surface area (Å²) in [6.45, 7) is 2.08. The summed E-state index contributed by atoms with van der Waals surface area (Å²) in [5, 5.41) is 2.61. The first-order valence-electron chi connectivity index (χ1n) is 5.15. The predicted molar refractivity (Wildman–Crippen MR) is 64.5 cm³/mol. The van der Waals surface area contributed by atoms with E-state index in [2.05, 4.69) is 61.5 Å². The highest BCUT2D eigenvalue weighted by molar-refractivity contribution is 5.93. The van der Waals surface area contributed by atoms with E-state index in [1.165, 1.54) is 27.5 Å². The van der Waals surface area contributed by atoms with E-state index in [4.69, 9.17) is 0 Å². The molecule has 0 heteroatoms. The quantitative estimate of drug-likeness (QED) is 0.553. The van der Waals surface area contributed by atoms with Crippen LogP contribution in [-0.4, -0.2) is 0 Å². The molecule has 0 saturated carbocycles. The third-order valence-corrected chi connectivity index (χ3v) is 2.80. The van der Waals surface area contributed by atoms with Gasteiger partial charge in [0.25, 0.3) is 0 Å². The lowest BCUT2D eigenvalue weighted by molar-refractivity contribution is 1.42. The minimum atomic E-state index is 1.19. The van der Waals surface area contributed by atoms with Gasteiger partial charge in [0.05, 0.1) is 11.1 Å². The van der Waals surface area contributed by atoms with Gasteiger partial charge in [-0.2, -0.15) is 0 Å². The van der Waals surface area contributed by atoms with Crippen LogP contribution in [0.5, 0.6) is 0 Å². The second kappa shape index (κ2) is 3.05. The van der Waals surface area contributed by atoms with E-state index in [0.717, 1.165) is 0 Å². The first-order chi connectivity index (χ1) is 7.34. The highest BCUT2D eigenvalue weighted by Crippen LogP contribution is 2.27. The number of rotatable bonds is 0. The monoisotopic (exact) mass is 191 g/mol. The molecule has 0 radical (unpaired) electrons. The molecule has 0 atom stereocenters. The zero-order chi connectivity index (χ0) is 10.3. The molecule has 70 valence electrons. The van der Waals surface area contributed by atoms with E-state index >= 15 is 0 Å². The summed E-state index contributed by atoms with van der Waals surface area (Å²) in [4.78, 5) is 0. The highest BCUT2D eigenvalue weighted by Gasteiger charge is 2.14. The van der Waals surface area contributed by atoms with Crippen molar-refractivity contribution in [3.8, 4) is 0 Å². The number of hydrogen-bond acceptors (Lipinski definition) is 0. The van der Waals surface area contributed by atoms with Gasteiger partial charge in [0.2, 0.25) is 0 Å². The summed E-state index contributed by atoms with van der Waals surface area (Å²) in [7, 11) is 0. The van der Waals surface area contributed by atoms with Gasteiger partial charge in [-0.1, -0.05) is 18.2 Å². The van der Waals surface area contributed by atoms with Crippen molar-refractivity contribution in [2.75, 3.05) is 0 Å². The average Bonchev–Trinajstić information content (AvgIpc) is 2.28. The fourth-order valence-electron chi connectivity index (χ4n) is 2.05. The summed E-state index contributed by atoms with van der Waals surface area (Å²) >= 11 is 0. The SMILES string of the molecule is CC1=[C+]c2ccc3ccccc3c2C=C1. The molecule has 3 rings (SSSR count). The van der Waals surface area contributed by atoms with Crippen LogP contribution in [0.2, 0.25) is 0 Å². The molecule has 1 aliphatic carbocycles. The van der Waals surface area contributed by atoms with Crippen LogP contribution < -0.4 is 0 Å². The molecule has 0 amide bonds. The lowest BCUT2D eigenvalue weighted by Gasteiger charge is -2.03. The van der Waals surface area contributed by atoms with Gasteiger partial charge in [0.15, 0.2) is 5.56 Å². The number of allylic oxidation sites excluding steroid dienone is 2. The summed E-state index contributed by atoms with van der Waals surface area (Å²) in [6.07, 6.45) is 7.69. The standard InChI is InChI=1S/C15H11/c1-11-6-9-15-13(10-11)8-7-12-4-2-3-5-14(12)15/h2-9H,1H3/q+1. The van der Waals surface area contributed by atoms with Gasteiger partial charge in [-0.15, -0.1) is 0 Å². The van der Waals surface area contributed by atoms with Crippen LogP contribution in [0.25, 0.3) is 16.8 Å². The van der Waals surface area contributed by atoms with E-state index in [0.29, 0.717) is 0 Å². The van der Waals surface area contributed by atoms with Gasteiger partial charge in [-0.25, -0.2) is 0 Å². The number of hydrogen-bond donors (Lipinski definition) is 0. The van der Waals surface area contributed by atoms with Gasteiger partial charge in [0, 0.05) is 35.1 Å². The normalized spacial score (nSPS) is 13.3. The van der Waals surface area contributed by atoms with Crippen molar-refractivity contribution in [1.29, 1.82) is 0 Å². The molecule has 0 fully saturated rings. The third-order valence-electron chi connectivity index (χ3n) is 2.80. The topological polar surface area (TPSA) is 0 Å². The van der Waals surface area contributed by atoms with Crippen molar-refractivity contribution in [3.63, 3.8) is 0 Å². The van der Waals surface area contributed by atoms with Crippen LogP contribution in [0, 0.1) is 6.08 Å². The fraction of sp³-hybridized carbons (Fsp3) is 0.0667. The first-order valence-corrected chi connectivity index (χ1v) is 5.15. The van der Waals surface area contributed by atoms with E-state index in [9.17, 15) is 0 Å². The molecule has 0 heterocycles. The molecule has 0 spiro atoms. The molecule has 0 bridgehead atoms. The van der Waals surface area contributed by atoms with Crippen LogP contribution in [0.15, 0.2) is 48.0 Å². The Labute approximate surface area is 89.6 Å². The number of benzene rings is 2. The van der Waals surface area contributed by atoms with Gasteiger partial charge < -0.3 is 0 Å². The first kappa shape index (κ1) is 8.40. The Morgan fingerprint density at radius 3 is 2.73 bits per heavy atom. The molecular weight excluding hydrogens is 180 g/mol. The molecule has 0 aromatic heterocycles. The smallest absolute Gasteiger partial charge is 0.0615 e. The maximum atomic E-state index is 3.38. The minimum Gasteiger partial charge on any atom is -0.0615 e. The maximum absolute atomic E-state index is 3.38. The van der Waals surface area contributed by atoms with E-state index < -0.39 is 0 Å². The molecule has 2 aromatic rings. The van der Waals surface area contributed by atoms with Gasteiger partial charge >= 0.3 is 0 Å². The van der Waals surface area contributed by atoms with E-state index in [1.807, 2.05) is 0 Å². The largest absolute Gasteiger partial charge is 0.156 e. The molecule has 0 nitrogen and oxygen atoms in total. The summed E-state index contributed by atoms with van der Waals surface area (Å²) in [5.74, 6) is 0. The Morgan fingerprint density at radius 1 is 0.933 bits per heavy atom. The molecular formula is C15H11+. The summed E-state index contributed by atoms with van der Waals surface area (Å²) < 4.78 is 0. The molecule has 0 N–H and O–H groups in total. The van der Waals surface area contributed by atoms with Gasteiger partial charge in [0.1, 0.15) is 0 Å². The minimum absolute atomic E-state index is 1.19. The van der Waals surface area contributed by atoms with Gasteiger partial charge in [-0.05, 0) is 19.1 Å². The van der Waals surface area contributed by atoms with Crippen molar-refractivity contribution in [3.05, 3.63) is 65.3 Å². The average molecular weight is 191 g/mol. The zero-order valence-corrected chi connectivity index (χ0v) is 8.62. The molecule has 0 unspecified atom stereocenters. The van der Waals surface area contributed by atoms with Crippen molar-refractivity contribution < 1.29 is 0 Å². The second-order valence-electron chi connectivity index (χ2n) is 3.89. The Morgan fingerprint density at radius 2 is 1.80 bits per heavy atom. The van der Waals surface area contributed by atoms with Gasteiger partial charge in [-0.3, -0.25) is 0 Å². The van der Waals surface area contributed by atoms with Crippen molar-refractivity contribution in [2.45, 2.75) is 6.92 Å². The van der Waals surface area contributed by atoms with Crippen molar-refractivity contribution in [2.24, 2.45) is 0 Å². The van der Waals surface area contributed by atoms with Crippen molar-refractivity contribution >= 4 is 16.8 Å². The lowest BCUT2D eigenvalue weighted by atomic mass is 9.94. The summed E-state index contributed by atoms with van der Waals surface area (Å²) in [6, 6.07) is 12.8. The Balaban J connectivity index is 2.41. The third kappa shape index (κ3) is 1.27. The van der Waals surface area contributed by atoms with E-state index in [-0.39, 0.29) is 0 Å². The number of fused-ring (bicyclic) bond motifs is 3. The fourth-order valence-corrected chi connectivity index (χ4v) is 2.05. The highest BCUT2D eigenvalue weighted by atomic mass is 14.1. The van der Waals surface area contributed by atoms with E-state index in [1.54, 1.807) is 0 Å². The molecule has 0 saturated heterocycles. The molecule has 15 heavy (non-hydrogen) atoms. The molecule has 1 aliphatic rings. The van der Waals surface area contributed by atoms with Crippen LogP contribution in [0.3, 0.4) is 0 Å². The molecule has 2 aromatic carbocycles. The van der Waals surface area contributed by atoms with Crippen molar-refractivity contribution in [1.82, 2.24) is 0 Å². The van der Waals surface area contributed by atoms with Crippen LogP contribution in [0.4, 0.5) is 0 Å². The predicted octanol–water partition coefficient (Wildman–Crippen LogP) is 3.96. The van der Waals surface area contributed by atoms with Crippen LogP contribution >= 0.6 is 0 Å². The summed E-state index contributed by atoms with van der Waals surface area (Å²) in [5.41, 5.74) is 3.69.